The zero-order chi connectivity index (χ0) is 12.7. The molecule has 98 valence electrons. The molecule has 0 bridgehead atoms. The zero-order valence-electron chi connectivity index (χ0n) is 10.4. The van der Waals surface area contributed by atoms with Crippen LogP contribution in [0.15, 0.2) is 9.95 Å². The van der Waals surface area contributed by atoms with Crippen LogP contribution in [0.3, 0.4) is 0 Å². The Morgan fingerprint density at radius 3 is 2.53 bits per heavy atom. The third-order valence-electron chi connectivity index (χ3n) is 2.13. The van der Waals surface area contributed by atoms with Crippen LogP contribution in [0.2, 0.25) is 0 Å². The minimum atomic E-state index is -0.196. The van der Waals surface area contributed by atoms with E-state index in [2.05, 4.69) is 10.2 Å². The van der Waals surface area contributed by atoms with Gasteiger partial charge >= 0.3 is 5.69 Å². The van der Waals surface area contributed by atoms with Gasteiger partial charge in [-0.3, -0.25) is 4.57 Å². The first-order chi connectivity index (χ1) is 8.19. The van der Waals surface area contributed by atoms with Gasteiger partial charge < -0.3 is 9.47 Å². The van der Waals surface area contributed by atoms with Crippen molar-refractivity contribution >= 4 is 11.8 Å². The molecular formula is C10H19N3O3S. The van der Waals surface area contributed by atoms with Gasteiger partial charge in [-0.1, -0.05) is 11.8 Å². The summed E-state index contributed by atoms with van der Waals surface area (Å²) < 4.78 is 12.3. The Hall–Kier alpha value is -0.790. The van der Waals surface area contributed by atoms with E-state index in [1.165, 1.54) is 16.3 Å². The number of rotatable bonds is 8. The molecule has 0 atom stereocenters. The lowest BCUT2D eigenvalue weighted by Crippen LogP contribution is -2.18. The standard InChI is InChI=1S/C10H19N3O3S/c1-4-15-8(16-5-2)6-7-17-10-12-11-9(14)13(10)3/h8H,4-7H2,1-3H3,(H,11,14). The van der Waals surface area contributed by atoms with E-state index in [4.69, 9.17) is 9.47 Å². The third-order valence-corrected chi connectivity index (χ3v) is 3.19. The van der Waals surface area contributed by atoms with Crippen LogP contribution in [0, 0.1) is 0 Å². The third kappa shape index (κ3) is 4.53. The number of ether oxygens (including phenoxy) is 2. The second kappa shape index (κ2) is 7.52. The van der Waals surface area contributed by atoms with Gasteiger partial charge in [0, 0.05) is 32.4 Å². The van der Waals surface area contributed by atoms with Crippen molar-refractivity contribution in [3.05, 3.63) is 10.5 Å². The average molecular weight is 261 g/mol. The number of nitrogens with one attached hydrogen (secondary N) is 1. The molecular weight excluding hydrogens is 242 g/mol. The Morgan fingerprint density at radius 2 is 2.06 bits per heavy atom. The highest BCUT2D eigenvalue weighted by atomic mass is 32.2. The Balaban J connectivity index is 2.35. The van der Waals surface area contributed by atoms with Crippen molar-refractivity contribution < 1.29 is 9.47 Å². The highest BCUT2D eigenvalue weighted by molar-refractivity contribution is 7.99. The maximum Gasteiger partial charge on any atom is 0.343 e. The Morgan fingerprint density at radius 1 is 1.41 bits per heavy atom. The van der Waals surface area contributed by atoms with Gasteiger partial charge in [-0.05, 0) is 13.8 Å². The number of thioether (sulfide) groups is 1. The smallest absolute Gasteiger partial charge is 0.343 e. The lowest BCUT2D eigenvalue weighted by atomic mass is 10.5. The SMILES string of the molecule is CCOC(CCSc1n[nH]c(=O)n1C)OCC. The van der Waals surface area contributed by atoms with Crippen molar-refractivity contribution in [3.63, 3.8) is 0 Å². The van der Waals surface area contributed by atoms with Gasteiger partial charge in [0.25, 0.3) is 0 Å². The van der Waals surface area contributed by atoms with Crippen LogP contribution in [0.5, 0.6) is 0 Å². The average Bonchev–Trinajstić information content (AvgIpc) is 2.61. The number of hydrogen-bond donors (Lipinski definition) is 1. The van der Waals surface area contributed by atoms with Crippen molar-refractivity contribution in [1.82, 2.24) is 14.8 Å². The number of hydrogen-bond acceptors (Lipinski definition) is 5. The van der Waals surface area contributed by atoms with Gasteiger partial charge in [-0.15, -0.1) is 5.10 Å². The van der Waals surface area contributed by atoms with Crippen LogP contribution in [0.4, 0.5) is 0 Å². The number of H-pyrrole nitrogens is 1. The first-order valence-corrected chi connectivity index (χ1v) is 6.65. The predicted octanol–water partition coefficient (Wildman–Crippen LogP) is 0.990. The molecule has 6 nitrogen and oxygen atoms in total. The zero-order valence-corrected chi connectivity index (χ0v) is 11.2. The van der Waals surface area contributed by atoms with Crippen LogP contribution in [0.1, 0.15) is 20.3 Å². The summed E-state index contributed by atoms with van der Waals surface area (Å²) in [5.41, 5.74) is -0.196. The van der Waals surface area contributed by atoms with Gasteiger partial charge in [0.2, 0.25) is 0 Å². The van der Waals surface area contributed by atoms with Crippen molar-refractivity contribution in [2.45, 2.75) is 31.7 Å². The fraction of sp³-hybridized carbons (Fsp3) is 0.800. The molecule has 1 aromatic rings. The van der Waals surface area contributed by atoms with Gasteiger partial charge in [-0.25, -0.2) is 9.89 Å². The van der Waals surface area contributed by atoms with Crippen molar-refractivity contribution in [1.29, 1.82) is 0 Å². The second-order valence-corrected chi connectivity index (χ2v) is 4.41. The summed E-state index contributed by atoms with van der Waals surface area (Å²) in [4.78, 5) is 11.1. The molecule has 0 aliphatic heterocycles. The van der Waals surface area contributed by atoms with Crippen LogP contribution in [-0.4, -0.2) is 40.0 Å². The molecule has 0 saturated heterocycles. The summed E-state index contributed by atoms with van der Waals surface area (Å²) in [5.74, 6) is 0.794. The van der Waals surface area contributed by atoms with Gasteiger partial charge in [-0.2, -0.15) is 0 Å². The van der Waals surface area contributed by atoms with Crippen molar-refractivity contribution in [2.24, 2.45) is 7.05 Å². The summed E-state index contributed by atoms with van der Waals surface area (Å²) in [6.07, 6.45) is 0.599. The van der Waals surface area contributed by atoms with E-state index in [9.17, 15) is 4.79 Å². The molecule has 0 aliphatic carbocycles. The van der Waals surface area contributed by atoms with Crippen molar-refractivity contribution in [3.8, 4) is 0 Å². The van der Waals surface area contributed by atoms with E-state index in [0.29, 0.717) is 18.4 Å². The molecule has 0 unspecified atom stereocenters. The minimum Gasteiger partial charge on any atom is -0.353 e. The Kier molecular flexibility index (Phi) is 6.31. The molecule has 17 heavy (non-hydrogen) atoms. The minimum absolute atomic E-state index is 0.173. The largest absolute Gasteiger partial charge is 0.353 e. The molecule has 1 rings (SSSR count). The van der Waals surface area contributed by atoms with E-state index in [1.54, 1.807) is 7.05 Å². The van der Waals surface area contributed by atoms with E-state index in [0.717, 1.165) is 12.2 Å². The Labute approximate surface area is 105 Å². The molecule has 0 spiro atoms. The monoisotopic (exact) mass is 261 g/mol. The summed E-state index contributed by atoms with van der Waals surface area (Å²) >= 11 is 1.51. The highest BCUT2D eigenvalue weighted by Gasteiger charge is 2.10. The van der Waals surface area contributed by atoms with E-state index in [-0.39, 0.29) is 12.0 Å². The maximum atomic E-state index is 11.1. The molecule has 0 fully saturated rings. The quantitative estimate of drug-likeness (QED) is 0.558. The molecule has 0 aliphatic rings. The second-order valence-electron chi connectivity index (χ2n) is 3.35. The number of nitrogens with zero attached hydrogens (tertiary/aromatic N) is 2. The molecule has 7 heteroatoms. The Bertz CT molecular complexity index is 371. The molecule has 1 aromatic heterocycles. The predicted molar refractivity (Wildman–Crippen MR) is 66.2 cm³/mol. The first-order valence-electron chi connectivity index (χ1n) is 5.66. The van der Waals surface area contributed by atoms with E-state index >= 15 is 0 Å². The van der Waals surface area contributed by atoms with Crippen LogP contribution in [-0.2, 0) is 16.5 Å². The number of aromatic nitrogens is 3. The van der Waals surface area contributed by atoms with Crippen LogP contribution in [0.25, 0.3) is 0 Å². The normalized spacial score (nSPS) is 11.3. The summed E-state index contributed by atoms with van der Waals surface area (Å²) in [7, 11) is 1.69. The molecule has 0 aromatic carbocycles. The van der Waals surface area contributed by atoms with Crippen LogP contribution < -0.4 is 5.69 Å². The topological polar surface area (TPSA) is 69.1 Å². The fourth-order valence-corrected chi connectivity index (χ4v) is 2.17. The van der Waals surface area contributed by atoms with Gasteiger partial charge in [0.05, 0.1) is 0 Å². The summed E-state index contributed by atoms with van der Waals surface area (Å²) in [6, 6.07) is 0. The van der Waals surface area contributed by atoms with Crippen LogP contribution >= 0.6 is 11.8 Å². The van der Waals surface area contributed by atoms with E-state index < -0.39 is 0 Å². The van der Waals surface area contributed by atoms with Gasteiger partial charge in [0.15, 0.2) is 11.4 Å². The van der Waals surface area contributed by atoms with E-state index in [1.807, 2.05) is 13.8 Å². The lowest BCUT2D eigenvalue weighted by Gasteiger charge is -2.16. The van der Waals surface area contributed by atoms with Gasteiger partial charge in [0.1, 0.15) is 0 Å². The molecule has 1 heterocycles. The molecule has 1 N–H and O–H groups in total. The molecule has 0 saturated carbocycles. The summed E-state index contributed by atoms with van der Waals surface area (Å²) in [5, 5.41) is 6.99. The highest BCUT2D eigenvalue weighted by Crippen LogP contribution is 2.15. The molecule has 0 radical (unpaired) electrons. The number of aromatic amines is 1. The fourth-order valence-electron chi connectivity index (χ4n) is 1.29. The maximum absolute atomic E-state index is 11.1. The molecule has 0 amide bonds. The lowest BCUT2D eigenvalue weighted by molar-refractivity contribution is -0.136. The summed E-state index contributed by atoms with van der Waals surface area (Å²) in [6.45, 7) is 5.15. The van der Waals surface area contributed by atoms with Crippen molar-refractivity contribution in [2.75, 3.05) is 19.0 Å². The first kappa shape index (κ1) is 14.3.